The summed E-state index contributed by atoms with van der Waals surface area (Å²) in [5.41, 5.74) is 2.44. The minimum Gasteiger partial charge on any atom is -0.352 e. The number of carbonyl (C=O) groups is 1. The molecule has 0 saturated carbocycles. The minimum absolute atomic E-state index is 0. The summed E-state index contributed by atoms with van der Waals surface area (Å²) in [6, 6.07) is 4.21. The summed E-state index contributed by atoms with van der Waals surface area (Å²) in [7, 11) is 5.73. The quantitative estimate of drug-likeness (QED) is 0.352. The summed E-state index contributed by atoms with van der Waals surface area (Å²) in [6.45, 7) is 2.47. The van der Waals surface area contributed by atoms with Gasteiger partial charge in [0.25, 0.3) is 0 Å². The average molecular weight is 566 g/mol. The molecule has 27 heavy (non-hydrogen) atoms. The predicted octanol–water partition coefficient (Wildman–Crippen LogP) is 3.06. The molecule has 2 aromatic heterocycles. The van der Waals surface area contributed by atoms with Crippen molar-refractivity contribution in [1.29, 1.82) is 0 Å². The number of hydrogen-bond donors (Lipinski definition) is 1. The van der Waals surface area contributed by atoms with Crippen LogP contribution in [0, 0.1) is 0 Å². The van der Waals surface area contributed by atoms with Gasteiger partial charge in [-0.3, -0.25) is 9.79 Å². The number of fused-ring (bicyclic) bond motifs is 1. The fourth-order valence-corrected chi connectivity index (χ4v) is 4.61. The van der Waals surface area contributed by atoms with Crippen LogP contribution < -0.4 is 5.32 Å². The zero-order chi connectivity index (χ0) is 18.7. The van der Waals surface area contributed by atoms with E-state index in [1.165, 1.54) is 10.4 Å². The Balaban J connectivity index is 0.00000261. The molecule has 2 aromatic rings. The summed E-state index contributed by atoms with van der Waals surface area (Å²) < 4.78 is 3.13. The Morgan fingerprint density at radius 3 is 2.93 bits per heavy atom. The summed E-state index contributed by atoms with van der Waals surface area (Å²) in [6.07, 6.45) is 2.98. The molecule has 6 nitrogen and oxygen atoms in total. The van der Waals surface area contributed by atoms with Crippen molar-refractivity contribution < 1.29 is 4.79 Å². The van der Waals surface area contributed by atoms with Gasteiger partial charge in [0.2, 0.25) is 5.91 Å². The van der Waals surface area contributed by atoms with Gasteiger partial charge in [0, 0.05) is 55.5 Å². The topological polar surface area (TPSA) is 52.9 Å². The molecule has 0 saturated heterocycles. The number of hydrogen-bond acceptors (Lipinski definition) is 3. The van der Waals surface area contributed by atoms with Crippen molar-refractivity contribution in [3.05, 3.63) is 44.3 Å². The van der Waals surface area contributed by atoms with E-state index >= 15 is 0 Å². The van der Waals surface area contributed by atoms with E-state index in [-0.39, 0.29) is 36.4 Å². The Labute approximate surface area is 189 Å². The van der Waals surface area contributed by atoms with Crippen molar-refractivity contribution in [2.45, 2.75) is 19.5 Å². The smallest absolute Gasteiger partial charge is 0.242 e. The highest BCUT2D eigenvalue weighted by molar-refractivity contribution is 14.0. The van der Waals surface area contributed by atoms with Crippen LogP contribution >= 0.6 is 51.2 Å². The van der Waals surface area contributed by atoms with E-state index < -0.39 is 0 Å². The number of guanidine groups is 1. The zero-order valence-corrected chi connectivity index (χ0v) is 20.5. The number of nitrogens with one attached hydrogen (secondary N) is 1. The molecule has 1 N–H and O–H groups in total. The fraction of sp³-hybridized carbons (Fsp3) is 0.444. The highest BCUT2D eigenvalue weighted by atomic mass is 127. The molecule has 0 aromatic carbocycles. The number of halogens is 2. The third-order valence-electron chi connectivity index (χ3n) is 4.61. The molecule has 3 heterocycles. The van der Waals surface area contributed by atoms with Gasteiger partial charge >= 0.3 is 0 Å². The lowest BCUT2D eigenvalue weighted by Gasteiger charge is -2.28. The minimum atomic E-state index is 0. The number of carbonyl (C=O) groups excluding carboxylic acids is 1. The van der Waals surface area contributed by atoms with E-state index in [1.54, 1.807) is 18.4 Å². The van der Waals surface area contributed by atoms with Gasteiger partial charge in [-0.15, -0.1) is 35.3 Å². The normalized spacial score (nSPS) is 13.8. The van der Waals surface area contributed by atoms with Crippen LogP contribution in [0.15, 0.2) is 33.2 Å². The average Bonchev–Trinajstić information content (AvgIpc) is 3.20. The SMILES string of the molecule is CN=C(NCC(=O)N1CCc2sccc2C1)N(C)Cc1cc(Br)cn1C.I. The Morgan fingerprint density at radius 1 is 1.48 bits per heavy atom. The van der Waals surface area contributed by atoms with Gasteiger partial charge in [-0.2, -0.15) is 0 Å². The Bertz CT molecular complexity index is 819. The molecule has 0 fully saturated rings. The van der Waals surface area contributed by atoms with Crippen LogP contribution in [-0.2, 0) is 31.4 Å². The van der Waals surface area contributed by atoms with Gasteiger partial charge in [-0.25, -0.2) is 0 Å². The number of rotatable bonds is 4. The lowest BCUT2D eigenvalue weighted by Crippen LogP contribution is -2.46. The van der Waals surface area contributed by atoms with E-state index in [9.17, 15) is 4.79 Å². The third kappa shape index (κ3) is 5.47. The molecule has 1 amide bonds. The molecule has 0 spiro atoms. The van der Waals surface area contributed by atoms with Crippen molar-refractivity contribution >= 4 is 63.1 Å². The first kappa shape index (κ1) is 22.2. The van der Waals surface area contributed by atoms with Crippen LogP contribution in [-0.4, -0.2) is 53.4 Å². The molecule has 0 unspecified atom stereocenters. The van der Waals surface area contributed by atoms with Crippen LogP contribution in [0.5, 0.6) is 0 Å². The van der Waals surface area contributed by atoms with Crippen molar-refractivity contribution in [1.82, 2.24) is 19.7 Å². The first-order chi connectivity index (χ1) is 12.5. The van der Waals surface area contributed by atoms with Gasteiger partial charge in [0.15, 0.2) is 5.96 Å². The second-order valence-electron chi connectivity index (χ2n) is 6.45. The van der Waals surface area contributed by atoms with E-state index in [2.05, 4.69) is 48.3 Å². The van der Waals surface area contributed by atoms with Gasteiger partial charge < -0.3 is 19.7 Å². The van der Waals surface area contributed by atoms with Gasteiger partial charge in [0.1, 0.15) is 0 Å². The van der Waals surface area contributed by atoms with E-state index in [1.807, 2.05) is 30.1 Å². The fourth-order valence-electron chi connectivity index (χ4n) is 3.15. The Kier molecular flexibility index (Phi) is 8.17. The maximum atomic E-state index is 12.6. The van der Waals surface area contributed by atoms with Crippen molar-refractivity contribution in [3.63, 3.8) is 0 Å². The summed E-state index contributed by atoms with van der Waals surface area (Å²) >= 11 is 5.28. The second-order valence-corrected chi connectivity index (χ2v) is 8.37. The third-order valence-corrected chi connectivity index (χ3v) is 6.06. The lowest BCUT2D eigenvalue weighted by molar-refractivity contribution is -0.130. The van der Waals surface area contributed by atoms with Gasteiger partial charge in [-0.05, 0) is 45.4 Å². The summed E-state index contributed by atoms with van der Waals surface area (Å²) in [4.78, 5) is 22.2. The molecule has 9 heteroatoms. The number of aryl methyl sites for hydroxylation is 1. The lowest BCUT2D eigenvalue weighted by atomic mass is 10.1. The number of aliphatic imine (C=N–C) groups is 1. The second kappa shape index (κ2) is 9.92. The molecule has 3 rings (SSSR count). The standard InChI is InChI=1S/C18H24BrN5OS.HI/c1-20-18(23(3)12-15-8-14(19)11-22(15)2)21-9-17(25)24-6-4-16-13(10-24)5-7-26-16;/h5,7-8,11H,4,6,9-10,12H2,1-3H3,(H,20,21);1H. The first-order valence-electron chi connectivity index (χ1n) is 8.53. The Hall–Kier alpha value is -1.07. The molecular weight excluding hydrogens is 541 g/mol. The molecular formula is C18H25BrIN5OS. The number of aromatic nitrogens is 1. The molecule has 0 atom stereocenters. The van der Waals surface area contributed by atoms with Crippen LogP contribution in [0.3, 0.4) is 0 Å². The maximum Gasteiger partial charge on any atom is 0.242 e. The Morgan fingerprint density at radius 2 is 2.26 bits per heavy atom. The number of thiophene rings is 1. The van der Waals surface area contributed by atoms with Crippen molar-refractivity contribution in [2.24, 2.45) is 12.0 Å². The molecule has 0 bridgehead atoms. The predicted molar refractivity (Wildman–Crippen MR) is 125 cm³/mol. The molecule has 148 valence electrons. The van der Waals surface area contributed by atoms with Crippen molar-refractivity contribution in [2.75, 3.05) is 27.2 Å². The summed E-state index contributed by atoms with van der Waals surface area (Å²) in [5, 5.41) is 5.30. The molecule has 1 aliphatic rings. The first-order valence-corrected chi connectivity index (χ1v) is 10.2. The summed E-state index contributed by atoms with van der Waals surface area (Å²) in [5.74, 6) is 0.821. The van der Waals surface area contributed by atoms with Crippen LogP contribution in [0.2, 0.25) is 0 Å². The van der Waals surface area contributed by atoms with Crippen LogP contribution in [0.1, 0.15) is 16.1 Å². The van der Waals surface area contributed by atoms with E-state index in [0.717, 1.165) is 23.1 Å². The zero-order valence-electron chi connectivity index (χ0n) is 15.7. The van der Waals surface area contributed by atoms with Crippen LogP contribution in [0.4, 0.5) is 0 Å². The van der Waals surface area contributed by atoms with E-state index in [0.29, 0.717) is 19.0 Å². The monoisotopic (exact) mass is 565 g/mol. The van der Waals surface area contributed by atoms with Crippen LogP contribution in [0.25, 0.3) is 0 Å². The number of amides is 1. The van der Waals surface area contributed by atoms with Gasteiger partial charge in [-0.1, -0.05) is 0 Å². The number of nitrogens with zero attached hydrogens (tertiary/aromatic N) is 4. The highest BCUT2D eigenvalue weighted by Crippen LogP contribution is 2.23. The molecule has 1 aliphatic heterocycles. The maximum absolute atomic E-state index is 12.6. The van der Waals surface area contributed by atoms with E-state index in [4.69, 9.17) is 0 Å². The molecule has 0 radical (unpaired) electrons. The molecule has 0 aliphatic carbocycles. The van der Waals surface area contributed by atoms with Crippen molar-refractivity contribution in [3.8, 4) is 0 Å². The largest absolute Gasteiger partial charge is 0.352 e. The highest BCUT2D eigenvalue weighted by Gasteiger charge is 2.21. The van der Waals surface area contributed by atoms with Gasteiger partial charge in [0.05, 0.1) is 13.1 Å².